The van der Waals surface area contributed by atoms with Crippen molar-refractivity contribution in [3.8, 4) is 0 Å². The van der Waals surface area contributed by atoms with Crippen LogP contribution in [0, 0.1) is 10.8 Å². The highest BCUT2D eigenvalue weighted by Gasteiger charge is 2.44. The van der Waals surface area contributed by atoms with Crippen molar-refractivity contribution in [1.82, 2.24) is 0 Å². The molecule has 2 heteroatoms. The second-order valence-corrected chi connectivity index (χ2v) is 5.10. The van der Waals surface area contributed by atoms with Gasteiger partial charge in [-0.15, -0.1) is 0 Å². The van der Waals surface area contributed by atoms with Crippen LogP contribution in [0.3, 0.4) is 0 Å². The van der Waals surface area contributed by atoms with Gasteiger partial charge in [0.25, 0.3) is 0 Å². The van der Waals surface area contributed by atoms with Crippen LogP contribution in [0.1, 0.15) is 46.5 Å². The van der Waals surface area contributed by atoms with Gasteiger partial charge in [0, 0.05) is 0 Å². The summed E-state index contributed by atoms with van der Waals surface area (Å²) in [4.78, 5) is 11.1. The molecule has 1 rings (SSSR count). The number of carbonyl (C=O) groups is 1. The van der Waals surface area contributed by atoms with E-state index in [0.29, 0.717) is 0 Å². The summed E-state index contributed by atoms with van der Waals surface area (Å²) >= 11 is 0. The van der Waals surface area contributed by atoms with Crippen molar-refractivity contribution in [2.75, 3.05) is 0 Å². The Bertz CT molecular complexity index is 198. The van der Waals surface area contributed by atoms with Crippen molar-refractivity contribution in [3.05, 3.63) is 0 Å². The molecule has 76 valence electrons. The number of aldehydes is 1. The second kappa shape index (κ2) is 3.41. The normalized spacial score (nSPS) is 38.6. The molecule has 1 N–H and O–H groups in total. The largest absolute Gasteiger partial charge is 0.392 e. The van der Waals surface area contributed by atoms with Crippen LogP contribution in [0.2, 0.25) is 0 Å². The fourth-order valence-electron chi connectivity index (χ4n) is 2.48. The molecule has 0 radical (unpaired) electrons. The molecule has 0 heterocycles. The molecule has 0 spiro atoms. The molecular formula is C11H20O2. The smallest absolute Gasteiger partial charge is 0.128 e. The Labute approximate surface area is 80.3 Å². The zero-order chi connectivity index (χ0) is 10.1. The molecule has 2 nitrogen and oxygen atoms in total. The molecule has 0 aromatic heterocycles. The molecule has 0 aliphatic heterocycles. The fraction of sp³-hybridized carbons (Fsp3) is 0.909. The first kappa shape index (κ1) is 10.7. The van der Waals surface area contributed by atoms with Crippen molar-refractivity contribution < 1.29 is 9.90 Å². The van der Waals surface area contributed by atoms with Crippen LogP contribution in [0.15, 0.2) is 0 Å². The van der Waals surface area contributed by atoms with Gasteiger partial charge in [0.2, 0.25) is 0 Å². The molecule has 2 atom stereocenters. The molecule has 2 unspecified atom stereocenters. The van der Waals surface area contributed by atoms with Gasteiger partial charge in [-0.05, 0) is 31.1 Å². The number of carbonyl (C=O) groups excluding carboxylic acids is 1. The lowest BCUT2D eigenvalue weighted by atomic mass is 9.61. The van der Waals surface area contributed by atoms with Gasteiger partial charge >= 0.3 is 0 Å². The van der Waals surface area contributed by atoms with E-state index >= 15 is 0 Å². The Morgan fingerprint density at radius 2 is 2.15 bits per heavy atom. The lowest BCUT2D eigenvalue weighted by Crippen LogP contribution is -2.44. The maximum atomic E-state index is 11.1. The Morgan fingerprint density at radius 3 is 2.54 bits per heavy atom. The molecule has 13 heavy (non-hydrogen) atoms. The lowest BCUT2D eigenvalue weighted by molar-refractivity contribution is -0.131. The van der Waals surface area contributed by atoms with Gasteiger partial charge in [-0.25, -0.2) is 0 Å². The Morgan fingerprint density at radius 1 is 1.54 bits per heavy atom. The molecule has 1 saturated carbocycles. The third kappa shape index (κ3) is 1.93. The summed E-state index contributed by atoms with van der Waals surface area (Å²) in [5.74, 6) is 0. The zero-order valence-electron chi connectivity index (χ0n) is 8.84. The maximum Gasteiger partial charge on any atom is 0.128 e. The van der Waals surface area contributed by atoms with E-state index in [1.807, 2.05) is 6.92 Å². The molecular weight excluding hydrogens is 164 g/mol. The van der Waals surface area contributed by atoms with Gasteiger partial charge in [-0.3, -0.25) is 0 Å². The van der Waals surface area contributed by atoms with Gasteiger partial charge < -0.3 is 9.90 Å². The third-order valence-corrected chi connectivity index (χ3v) is 3.46. The van der Waals surface area contributed by atoms with Crippen molar-refractivity contribution in [2.45, 2.75) is 52.6 Å². The first-order chi connectivity index (χ1) is 5.96. The second-order valence-electron chi connectivity index (χ2n) is 5.10. The first-order valence-corrected chi connectivity index (χ1v) is 5.10. The van der Waals surface area contributed by atoms with E-state index in [0.717, 1.165) is 32.0 Å². The maximum absolute atomic E-state index is 11.1. The number of rotatable bonds is 2. The van der Waals surface area contributed by atoms with Crippen LogP contribution in [0.4, 0.5) is 0 Å². The number of aliphatic hydroxyl groups excluding tert-OH is 1. The van der Waals surface area contributed by atoms with Crippen molar-refractivity contribution in [3.63, 3.8) is 0 Å². The van der Waals surface area contributed by atoms with Gasteiger partial charge in [-0.1, -0.05) is 20.8 Å². The van der Waals surface area contributed by atoms with E-state index in [2.05, 4.69) is 13.8 Å². The fourth-order valence-corrected chi connectivity index (χ4v) is 2.48. The highest BCUT2D eigenvalue weighted by molar-refractivity contribution is 5.60. The molecule has 1 fully saturated rings. The predicted molar refractivity (Wildman–Crippen MR) is 52.4 cm³/mol. The minimum Gasteiger partial charge on any atom is -0.392 e. The monoisotopic (exact) mass is 184 g/mol. The number of hydrogen-bond acceptors (Lipinski definition) is 2. The van der Waals surface area contributed by atoms with Crippen LogP contribution in [0.25, 0.3) is 0 Å². The van der Waals surface area contributed by atoms with Crippen LogP contribution in [-0.4, -0.2) is 17.5 Å². The van der Waals surface area contributed by atoms with E-state index in [1.54, 1.807) is 0 Å². The van der Waals surface area contributed by atoms with Crippen LogP contribution >= 0.6 is 0 Å². The summed E-state index contributed by atoms with van der Waals surface area (Å²) < 4.78 is 0. The standard InChI is InChI=1S/C11H20O2/c1-4-11(8-12)7-10(2,3)6-5-9(11)13/h8-9,13H,4-7H2,1-3H3. The van der Waals surface area contributed by atoms with Gasteiger partial charge in [0.1, 0.15) is 6.29 Å². The molecule has 0 saturated heterocycles. The average molecular weight is 184 g/mol. The Balaban J connectivity index is 2.86. The van der Waals surface area contributed by atoms with Gasteiger partial charge in [-0.2, -0.15) is 0 Å². The number of aliphatic hydroxyl groups is 1. The van der Waals surface area contributed by atoms with Crippen LogP contribution in [-0.2, 0) is 4.79 Å². The molecule has 1 aliphatic rings. The van der Waals surface area contributed by atoms with E-state index in [-0.39, 0.29) is 5.41 Å². The Kier molecular flexibility index (Phi) is 2.81. The first-order valence-electron chi connectivity index (χ1n) is 5.10. The zero-order valence-corrected chi connectivity index (χ0v) is 8.84. The van der Waals surface area contributed by atoms with E-state index in [1.165, 1.54) is 0 Å². The van der Waals surface area contributed by atoms with Gasteiger partial charge in [0.05, 0.1) is 11.5 Å². The minimum absolute atomic E-state index is 0.205. The summed E-state index contributed by atoms with van der Waals surface area (Å²) in [6, 6.07) is 0. The van der Waals surface area contributed by atoms with Crippen molar-refractivity contribution >= 4 is 6.29 Å². The lowest BCUT2D eigenvalue weighted by Gasteiger charge is -2.44. The summed E-state index contributed by atoms with van der Waals surface area (Å²) in [7, 11) is 0. The number of hydrogen-bond donors (Lipinski definition) is 1. The molecule has 1 aliphatic carbocycles. The average Bonchev–Trinajstić information content (AvgIpc) is 2.09. The SMILES string of the molecule is CCC1(C=O)CC(C)(C)CCC1O. The summed E-state index contributed by atoms with van der Waals surface area (Å²) in [5, 5.41) is 9.82. The van der Waals surface area contributed by atoms with Crippen LogP contribution in [0.5, 0.6) is 0 Å². The van der Waals surface area contributed by atoms with E-state index in [4.69, 9.17) is 0 Å². The van der Waals surface area contributed by atoms with E-state index < -0.39 is 11.5 Å². The molecule has 0 aromatic carbocycles. The molecule has 0 bridgehead atoms. The summed E-state index contributed by atoms with van der Waals surface area (Å²) in [6.45, 7) is 6.33. The van der Waals surface area contributed by atoms with E-state index in [9.17, 15) is 9.90 Å². The predicted octanol–water partition coefficient (Wildman–Crippen LogP) is 2.15. The van der Waals surface area contributed by atoms with Crippen LogP contribution < -0.4 is 0 Å². The molecule has 0 amide bonds. The minimum atomic E-state index is -0.470. The molecule has 0 aromatic rings. The quantitative estimate of drug-likeness (QED) is 0.668. The topological polar surface area (TPSA) is 37.3 Å². The third-order valence-electron chi connectivity index (χ3n) is 3.46. The van der Waals surface area contributed by atoms with Crippen molar-refractivity contribution in [1.29, 1.82) is 0 Å². The van der Waals surface area contributed by atoms with Crippen molar-refractivity contribution in [2.24, 2.45) is 10.8 Å². The Hall–Kier alpha value is -0.370. The van der Waals surface area contributed by atoms with Gasteiger partial charge in [0.15, 0.2) is 0 Å². The summed E-state index contributed by atoms with van der Waals surface area (Å²) in [6.07, 6.45) is 3.90. The summed E-state index contributed by atoms with van der Waals surface area (Å²) in [5.41, 5.74) is -0.266. The highest BCUT2D eigenvalue weighted by Crippen LogP contribution is 2.46. The highest BCUT2D eigenvalue weighted by atomic mass is 16.3.